The second-order valence-electron chi connectivity index (χ2n) is 4.33. The average Bonchev–Trinajstić information content (AvgIpc) is 2.41. The first-order valence-electron chi connectivity index (χ1n) is 5.89. The third-order valence-corrected chi connectivity index (χ3v) is 3.41. The second-order valence-corrected chi connectivity index (χ2v) is 4.33. The Labute approximate surface area is 113 Å². The van der Waals surface area contributed by atoms with Crippen molar-refractivity contribution in [1.82, 2.24) is 10.8 Å². The molecule has 18 heavy (non-hydrogen) atoms. The van der Waals surface area contributed by atoms with E-state index in [2.05, 4.69) is 10.8 Å². The summed E-state index contributed by atoms with van der Waals surface area (Å²) in [6.07, 6.45) is 1.60. The third kappa shape index (κ3) is 2.83. The molecule has 0 bridgehead atoms. The summed E-state index contributed by atoms with van der Waals surface area (Å²) >= 11 is 0. The van der Waals surface area contributed by atoms with Crippen LogP contribution in [0.3, 0.4) is 0 Å². The number of hydrogen-bond acceptors (Lipinski definition) is 3. The predicted octanol–water partition coefficient (Wildman–Crippen LogP) is 1.41. The molecular formula is C13H19ClN2O2. The van der Waals surface area contributed by atoms with Gasteiger partial charge >= 0.3 is 0 Å². The number of rotatable bonds is 3. The standard InChI is InChI=1S/C13H18N2O2.ClH/c1-17-15-12(16)13(7-9-14-10-8-13)11-5-3-2-4-6-11;/h2-6,14H,7-10H2,1H3,(H,15,16);1H. The van der Waals surface area contributed by atoms with E-state index in [-0.39, 0.29) is 18.3 Å². The van der Waals surface area contributed by atoms with Gasteiger partial charge in [-0.1, -0.05) is 30.3 Å². The number of halogens is 1. The van der Waals surface area contributed by atoms with Crippen molar-refractivity contribution in [3.63, 3.8) is 0 Å². The molecule has 5 heteroatoms. The van der Waals surface area contributed by atoms with Gasteiger partial charge in [-0.15, -0.1) is 12.4 Å². The van der Waals surface area contributed by atoms with Crippen LogP contribution >= 0.6 is 12.4 Å². The second kappa shape index (κ2) is 6.73. The first-order valence-corrected chi connectivity index (χ1v) is 5.89. The van der Waals surface area contributed by atoms with Gasteiger partial charge in [0, 0.05) is 0 Å². The van der Waals surface area contributed by atoms with E-state index in [9.17, 15) is 4.79 Å². The monoisotopic (exact) mass is 270 g/mol. The van der Waals surface area contributed by atoms with Gasteiger partial charge in [0.15, 0.2) is 0 Å². The Hall–Kier alpha value is -1.10. The summed E-state index contributed by atoms with van der Waals surface area (Å²) in [7, 11) is 1.47. The summed E-state index contributed by atoms with van der Waals surface area (Å²) in [5.74, 6) is -0.0484. The lowest BCUT2D eigenvalue weighted by Gasteiger charge is -2.36. The molecule has 0 aromatic heterocycles. The molecule has 1 fully saturated rings. The minimum absolute atomic E-state index is 0. The molecule has 0 radical (unpaired) electrons. The highest BCUT2D eigenvalue weighted by Crippen LogP contribution is 2.33. The molecule has 0 atom stereocenters. The normalized spacial score (nSPS) is 17.6. The zero-order valence-electron chi connectivity index (χ0n) is 10.4. The number of carbonyl (C=O) groups is 1. The van der Waals surface area contributed by atoms with Crippen LogP contribution in [-0.4, -0.2) is 26.1 Å². The van der Waals surface area contributed by atoms with Crippen molar-refractivity contribution in [2.24, 2.45) is 0 Å². The molecule has 1 heterocycles. The van der Waals surface area contributed by atoms with Gasteiger partial charge in [-0.2, -0.15) is 0 Å². The Morgan fingerprint density at radius 2 is 1.89 bits per heavy atom. The van der Waals surface area contributed by atoms with Crippen LogP contribution in [0.4, 0.5) is 0 Å². The molecule has 1 aliphatic heterocycles. The van der Waals surface area contributed by atoms with E-state index in [1.54, 1.807) is 0 Å². The quantitative estimate of drug-likeness (QED) is 0.817. The Morgan fingerprint density at radius 1 is 1.28 bits per heavy atom. The number of hydroxylamine groups is 1. The molecule has 0 saturated carbocycles. The van der Waals surface area contributed by atoms with Crippen LogP contribution in [0.2, 0.25) is 0 Å². The summed E-state index contributed by atoms with van der Waals surface area (Å²) in [6.45, 7) is 1.71. The van der Waals surface area contributed by atoms with Crippen molar-refractivity contribution in [1.29, 1.82) is 0 Å². The minimum Gasteiger partial charge on any atom is -0.317 e. The van der Waals surface area contributed by atoms with E-state index in [1.807, 2.05) is 30.3 Å². The SMILES string of the molecule is CONC(=O)C1(c2ccccc2)CCNCC1.Cl. The number of carbonyl (C=O) groups excluding carboxylic acids is 1. The van der Waals surface area contributed by atoms with Gasteiger partial charge in [0.2, 0.25) is 0 Å². The van der Waals surface area contributed by atoms with Crippen molar-refractivity contribution in [2.75, 3.05) is 20.2 Å². The van der Waals surface area contributed by atoms with Crippen LogP contribution in [0, 0.1) is 0 Å². The molecule has 1 aliphatic rings. The van der Waals surface area contributed by atoms with Crippen LogP contribution in [0.1, 0.15) is 18.4 Å². The summed E-state index contributed by atoms with van der Waals surface area (Å²) in [5.41, 5.74) is 3.10. The molecule has 2 N–H and O–H groups in total. The van der Waals surface area contributed by atoms with E-state index < -0.39 is 5.41 Å². The summed E-state index contributed by atoms with van der Waals surface area (Å²) in [6, 6.07) is 9.94. The fourth-order valence-corrected chi connectivity index (χ4v) is 2.45. The van der Waals surface area contributed by atoms with Gasteiger partial charge in [0.25, 0.3) is 5.91 Å². The Morgan fingerprint density at radius 3 is 2.44 bits per heavy atom. The van der Waals surface area contributed by atoms with E-state index in [4.69, 9.17) is 4.84 Å². The zero-order chi connectivity index (χ0) is 12.1. The van der Waals surface area contributed by atoms with E-state index in [1.165, 1.54) is 7.11 Å². The van der Waals surface area contributed by atoms with Crippen molar-refractivity contribution in [3.05, 3.63) is 35.9 Å². The maximum atomic E-state index is 12.3. The lowest BCUT2D eigenvalue weighted by Crippen LogP contribution is -2.50. The van der Waals surface area contributed by atoms with Gasteiger partial charge in [0.1, 0.15) is 0 Å². The zero-order valence-corrected chi connectivity index (χ0v) is 11.3. The molecule has 0 aliphatic carbocycles. The molecule has 1 aromatic rings. The van der Waals surface area contributed by atoms with Crippen molar-refractivity contribution in [2.45, 2.75) is 18.3 Å². The maximum absolute atomic E-state index is 12.3. The average molecular weight is 271 g/mol. The summed E-state index contributed by atoms with van der Waals surface area (Å²) in [4.78, 5) is 17.0. The first-order chi connectivity index (χ1) is 8.29. The fraction of sp³-hybridized carbons (Fsp3) is 0.462. The smallest absolute Gasteiger partial charge is 0.254 e. The lowest BCUT2D eigenvalue weighted by atomic mass is 9.72. The van der Waals surface area contributed by atoms with Gasteiger partial charge in [-0.25, -0.2) is 5.48 Å². The highest BCUT2D eigenvalue weighted by molar-refractivity contribution is 5.87. The predicted molar refractivity (Wildman–Crippen MR) is 72.6 cm³/mol. The van der Waals surface area contributed by atoms with Crippen molar-refractivity contribution < 1.29 is 9.63 Å². The Bertz CT molecular complexity index is 378. The molecular weight excluding hydrogens is 252 g/mol. The van der Waals surface area contributed by atoms with Gasteiger partial charge in [-0.05, 0) is 31.5 Å². The van der Waals surface area contributed by atoms with E-state index in [0.717, 1.165) is 31.5 Å². The number of piperidine rings is 1. The minimum atomic E-state index is -0.456. The number of hydrogen-bond donors (Lipinski definition) is 2. The molecule has 2 rings (SSSR count). The van der Waals surface area contributed by atoms with E-state index in [0.29, 0.717) is 0 Å². The Balaban J connectivity index is 0.00000162. The molecule has 4 nitrogen and oxygen atoms in total. The molecule has 1 amide bonds. The number of amides is 1. The molecule has 0 unspecified atom stereocenters. The van der Waals surface area contributed by atoms with Crippen LogP contribution in [-0.2, 0) is 15.0 Å². The topological polar surface area (TPSA) is 50.4 Å². The van der Waals surface area contributed by atoms with Gasteiger partial charge < -0.3 is 5.32 Å². The van der Waals surface area contributed by atoms with Crippen LogP contribution in [0.15, 0.2) is 30.3 Å². The highest BCUT2D eigenvalue weighted by atomic mass is 35.5. The molecule has 1 saturated heterocycles. The van der Waals surface area contributed by atoms with Gasteiger partial charge in [-0.3, -0.25) is 9.63 Å². The first kappa shape index (κ1) is 15.0. The summed E-state index contributed by atoms with van der Waals surface area (Å²) in [5, 5.41) is 3.29. The van der Waals surface area contributed by atoms with E-state index >= 15 is 0 Å². The Kier molecular flexibility index (Phi) is 5.59. The van der Waals surface area contributed by atoms with Crippen molar-refractivity contribution in [3.8, 4) is 0 Å². The van der Waals surface area contributed by atoms with Crippen molar-refractivity contribution >= 4 is 18.3 Å². The van der Waals surface area contributed by atoms with Crippen LogP contribution in [0.5, 0.6) is 0 Å². The molecule has 0 spiro atoms. The number of benzene rings is 1. The van der Waals surface area contributed by atoms with Crippen LogP contribution < -0.4 is 10.8 Å². The van der Waals surface area contributed by atoms with Gasteiger partial charge in [0.05, 0.1) is 12.5 Å². The largest absolute Gasteiger partial charge is 0.317 e. The number of nitrogens with one attached hydrogen (secondary N) is 2. The summed E-state index contributed by atoms with van der Waals surface area (Å²) < 4.78 is 0. The third-order valence-electron chi connectivity index (χ3n) is 3.41. The van der Waals surface area contributed by atoms with Crippen LogP contribution in [0.25, 0.3) is 0 Å². The molecule has 1 aromatic carbocycles. The maximum Gasteiger partial charge on any atom is 0.254 e. The highest BCUT2D eigenvalue weighted by Gasteiger charge is 2.41. The lowest BCUT2D eigenvalue weighted by molar-refractivity contribution is -0.138. The fourth-order valence-electron chi connectivity index (χ4n) is 2.45. The molecule has 100 valence electrons.